The SMILES string of the molecule is Cc1ccc(NC(=S)N[C@@H](c2ccccc2)c2cccs2)cc1C. The quantitative estimate of drug-likeness (QED) is 0.611. The lowest BCUT2D eigenvalue weighted by molar-refractivity contribution is 0.784. The predicted molar refractivity (Wildman–Crippen MR) is 108 cm³/mol. The zero-order chi connectivity index (χ0) is 16.9. The molecule has 1 heterocycles. The fourth-order valence-electron chi connectivity index (χ4n) is 2.54. The van der Waals surface area contributed by atoms with Crippen LogP contribution in [0.2, 0.25) is 0 Å². The Labute approximate surface area is 152 Å². The summed E-state index contributed by atoms with van der Waals surface area (Å²) in [6.07, 6.45) is 0. The third kappa shape index (κ3) is 4.02. The molecule has 2 nitrogen and oxygen atoms in total. The third-order valence-corrected chi connectivity index (χ3v) is 5.16. The van der Waals surface area contributed by atoms with Crippen molar-refractivity contribution in [2.75, 3.05) is 5.32 Å². The van der Waals surface area contributed by atoms with Crippen molar-refractivity contribution in [3.05, 3.63) is 87.6 Å². The number of hydrogen-bond acceptors (Lipinski definition) is 2. The monoisotopic (exact) mass is 352 g/mol. The molecule has 0 unspecified atom stereocenters. The zero-order valence-corrected chi connectivity index (χ0v) is 15.4. The summed E-state index contributed by atoms with van der Waals surface area (Å²) in [5, 5.41) is 9.46. The average Bonchev–Trinajstić information content (AvgIpc) is 3.11. The molecule has 1 aromatic heterocycles. The van der Waals surface area contributed by atoms with Crippen LogP contribution in [-0.4, -0.2) is 5.11 Å². The summed E-state index contributed by atoms with van der Waals surface area (Å²) in [4.78, 5) is 1.24. The van der Waals surface area contributed by atoms with Crippen molar-refractivity contribution in [3.8, 4) is 0 Å². The van der Waals surface area contributed by atoms with Crippen molar-refractivity contribution >= 4 is 34.4 Å². The Morgan fingerprint density at radius 2 is 1.75 bits per heavy atom. The van der Waals surface area contributed by atoms with Gasteiger partial charge in [-0.15, -0.1) is 11.3 Å². The van der Waals surface area contributed by atoms with Gasteiger partial charge in [0.15, 0.2) is 5.11 Å². The molecule has 0 saturated carbocycles. The van der Waals surface area contributed by atoms with E-state index in [4.69, 9.17) is 12.2 Å². The number of thiocarbonyl (C=S) groups is 1. The largest absolute Gasteiger partial charge is 0.351 e. The zero-order valence-electron chi connectivity index (χ0n) is 13.7. The lowest BCUT2D eigenvalue weighted by atomic mass is 10.1. The molecule has 1 atom stereocenters. The predicted octanol–water partition coefficient (Wildman–Crippen LogP) is 5.44. The molecule has 3 aromatic rings. The summed E-state index contributed by atoms with van der Waals surface area (Å²) in [6, 6.07) is 20.9. The first-order chi connectivity index (χ1) is 11.6. The van der Waals surface area contributed by atoms with E-state index < -0.39 is 0 Å². The third-order valence-electron chi connectivity index (χ3n) is 4.00. The van der Waals surface area contributed by atoms with E-state index in [1.807, 2.05) is 6.07 Å². The van der Waals surface area contributed by atoms with Gasteiger partial charge in [-0.25, -0.2) is 0 Å². The van der Waals surface area contributed by atoms with Crippen LogP contribution in [-0.2, 0) is 0 Å². The van der Waals surface area contributed by atoms with Gasteiger partial charge in [0.25, 0.3) is 0 Å². The molecule has 3 rings (SSSR count). The van der Waals surface area contributed by atoms with E-state index in [0.29, 0.717) is 5.11 Å². The van der Waals surface area contributed by atoms with Gasteiger partial charge in [0, 0.05) is 10.6 Å². The van der Waals surface area contributed by atoms with Gasteiger partial charge in [0.2, 0.25) is 0 Å². The fourth-order valence-corrected chi connectivity index (χ4v) is 3.58. The summed E-state index contributed by atoms with van der Waals surface area (Å²) >= 11 is 7.27. The summed E-state index contributed by atoms with van der Waals surface area (Å²) in [5.41, 5.74) is 4.73. The van der Waals surface area contributed by atoms with E-state index >= 15 is 0 Å². The molecule has 24 heavy (non-hydrogen) atoms. The maximum atomic E-state index is 5.54. The van der Waals surface area contributed by atoms with Crippen LogP contribution in [0.15, 0.2) is 66.0 Å². The first kappa shape index (κ1) is 16.7. The highest BCUT2D eigenvalue weighted by molar-refractivity contribution is 7.80. The van der Waals surface area contributed by atoms with E-state index in [0.717, 1.165) is 5.69 Å². The van der Waals surface area contributed by atoms with Crippen LogP contribution in [0.5, 0.6) is 0 Å². The van der Waals surface area contributed by atoms with Crippen molar-refractivity contribution in [2.24, 2.45) is 0 Å². The molecule has 0 aliphatic rings. The Kier molecular flexibility index (Phi) is 5.28. The topological polar surface area (TPSA) is 24.1 Å². The second-order valence-corrected chi connectivity index (χ2v) is 7.14. The van der Waals surface area contributed by atoms with Gasteiger partial charge < -0.3 is 10.6 Å². The molecule has 0 fully saturated rings. The molecule has 2 aromatic carbocycles. The van der Waals surface area contributed by atoms with Gasteiger partial charge >= 0.3 is 0 Å². The van der Waals surface area contributed by atoms with Crippen molar-refractivity contribution in [3.63, 3.8) is 0 Å². The summed E-state index contributed by atoms with van der Waals surface area (Å²) < 4.78 is 0. The number of aryl methyl sites for hydroxylation is 2. The van der Waals surface area contributed by atoms with E-state index in [2.05, 4.69) is 84.5 Å². The Balaban J connectivity index is 1.77. The number of nitrogens with one attached hydrogen (secondary N) is 2. The Morgan fingerprint density at radius 1 is 0.958 bits per heavy atom. The Morgan fingerprint density at radius 3 is 2.42 bits per heavy atom. The Hall–Kier alpha value is -2.17. The van der Waals surface area contributed by atoms with Crippen LogP contribution in [0.3, 0.4) is 0 Å². The minimum absolute atomic E-state index is 0.0535. The highest BCUT2D eigenvalue weighted by atomic mass is 32.1. The van der Waals surface area contributed by atoms with Crippen molar-refractivity contribution in [1.82, 2.24) is 5.32 Å². The molecule has 0 bridgehead atoms. The maximum Gasteiger partial charge on any atom is 0.171 e. The molecule has 122 valence electrons. The normalized spacial score (nSPS) is 11.8. The van der Waals surface area contributed by atoms with Crippen LogP contribution >= 0.6 is 23.6 Å². The smallest absolute Gasteiger partial charge is 0.171 e. The second kappa shape index (κ2) is 7.60. The second-order valence-electron chi connectivity index (χ2n) is 5.76. The van der Waals surface area contributed by atoms with Crippen molar-refractivity contribution in [2.45, 2.75) is 19.9 Å². The first-order valence-corrected chi connectivity index (χ1v) is 9.15. The van der Waals surface area contributed by atoms with Crippen LogP contribution < -0.4 is 10.6 Å². The molecule has 0 radical (unpaired) electrons. The summed E-state index contributed by atoms with van der Waals surface area (Å²) in [6.45, 7) is 4.22. The number of hydrogen-bond donors (Lipinski definition) is 2. The molecule has 0 spiro atoms. The van der Waals surface area contributed by atoms with Crippen LogP contribution in [0.25, 0.3) is 0 Å². The molecule has 4 heteroatoms. The van der Waals surface area contributed by atoms with E-state index in [1.165, 1.54) is 21.6 Å². The average molecular weight is 353 g/mol. The van der Waals surface area contributed by atoms with Crippen molar-refractivity contribution < 1.29 is 0 Å². The number of rotatable bonds is 4. The first-order valence-electron chi connectivity index (χ1n) is 7.86. The molecule has 0 aliphatic heterocycles. The van der Waals surface area contributed by atoms with E-state index in [9.17, 15) is 0 Å². The molecule has 0 amide bonds. The fraction of sp³-hybridized carbons (Fsp3) is 0.150. The highest BCUT2D eigenvalue weighted by Gasteiger charge is 2.16. The van der Waals surface area contributed by atoms with Gasteiger partial charge in [-0.2, -0.15) is 0 Å². The number of thiophene rings is 1. The molecular formula is C20H20N2S2. The van der Waals surface area contributed by atoms with Crippen molar-refractivity contribution in [1.29, 1.82) is 0 Å². The molecule has 2 N–H and O–H groups in total. The van der Waals surface area contributed by atoms with Crippen LogP contribution in [0.1, 0.15) is 27.6 Å². The van der Waals surface area contributed by atoms with Gasteiger partial charge in [0.1, 0.15) is 0 Å². The number of benzene rings is 2. The van der Waals surface area contributed by atoms with Gasteiger partial charge in [-0.1, -0.05) is 42.5 Å². The molecule has 0 aliphatic carbocycles. The summed E-state index contributed by atoms with van der Waals surface area (Å²) in [5.74, 6) is 0. The standard InChI is InChI=1S/C20H20N2S2/c1-14-10-11-17(13-15(14)2)21-20(23)22-19(18-9-6-12-24-18)16-7-4-3-5-8-16/h3-13,19H,1-2H3,(H2,21,22,23)/t19-/m0/s1. The minimum atomic E-state index is 0.0535. The molecule has 0 saturated heterocycles. The van der Waals surface area contributed by atoms with Gasteiger partial charge in [0.05, 0.1) is 6.04 Å². The summed E-state index contributed by atoms with van der Waals surface area (Å²) in [7, 11) is 0. The van der Waals surface area contributed by atoms with Gasteiger partial charge in [-0.3, -0.25) is 0 Å². The van der Waals surface area contributed by atoms with E-state index in [1.54, 1.807) is 11.3 Å². The Bertz CT molecular complexity index is 811. The number of anilines is 1. The van der Waals surface area contributed by atoms with Crippen LogP contribution in [0.4, 0.5) is 5.69 Å². The molecular weight excluding hydrogens is 332 g/mol. The lowest BCUT2D eigenvalue weighted by Gasteiger charge is -2.20. The van der Waals surface area contributed by atoms with E-state index in [-0.39, 0.29) is 6.04 Å². The highest BCUT2D eigenvalue weighted by Crippen LogP contribution is 2.26. The lowest BCUT2D eigenvalue weighted by Crippen LogP contribution is -2.32. The van der Waals surface area contributed by atoms with Crippen LogP contribution in [0, 0.1) is 13.8 Å². The maximum absolute atomic E-state index is 5.54. The van der Waals surface area contributed by atoms with Gasteiger partial charge in [-0.05, 0) is 66.3 Å². The minimum Gasteiger partial charge on any atom is -0.351 e.